The molecule has 0 amide bonds. The van der Waals surface area contributed by atoms with Crippen molar-refractivity contribution in [1.29, 1.82) is 0 Å². The van der Waals surface area contributed by atoms with Crippen LogP contribution in [0, 0.1) is 11.2 Å². The van der Waals surface area contributed by atoms with Gasteiger partial charge in [0.15, 0.2) is 0 Å². The molecule has 0 N–H and O–H groups in total. The Morgan fingerprint density at radius 1 is 0.672 bits per heavy atom. The molecule has 0 spiro atoms. The molecule has 0 bridgehead atoms. The Morgan fingerprint density at radius 3 is 1.79 bits per heavy atom. The van der Waals surface area contributed by atoms with E-state index in [1.54, 1.807) is 54.6 Å². The summed E-state index contributed by atoms with van der Waals surface area (Å²) in [7, 11) is 1.94. The molecule has 3 aromatic rings. The van der Waals surface area contributed by atoms with Crippen molar-refractivity contribution in [3.63, 3.8) is 0 Å². The van der Waals surface area contributed by atoms with Crippen molar-refractivity contribution in [2.24, 2.45) is 5.41 Å². The van der Waals surface area contributed by atoms with Gasteiger partial charge >= 0.3 is 35.8 Å². The Hall–Kier alpha value is -6.31. The highest BCUT2D eigenvalue weighted by atomic mass is 19.1. The van der Waals surface area contributed by atoms with Crippen LogP contribution in [-0.4, -0.2) is 76.5 Å². The van der Waals surface area contributed by atoms with E-state index in [1.807, 2.05) is 6.07 Å². The summed E-state index contributed by atoms with van der Waals surface area (Å²) in [6.07, 6.45) is 7.41. The van der Waals surface area contributed by atoms with Gasteiger partial charge in [0.25, 0.3) is 0 Å². The molecule has 13 nitrogen and oxygen atoms in total. The summed E-state index contributed by atoms with van der Waals surface area (Å²) in [4.78, 5) is 72.4. The number of esters is 6. The number of halogens is 1. The predicted molar refractivity (Wildman–Crippen MR) is 209 cm³/mol. The predicted octanol–water partition coefficient (Wildman–Crippen LogP) is 6.82. The van der Waals surface area contributed by atoms with Gasteiger partial charge in [0, 0.05) is 17.2 Å². The zero-order chi connectivity index (χ0) is 42.7. The van der Waals surface area contributed by atoms with Crippen LogP contribution < -0.4 is 4.74 Å². The number of methoxy groups -OCH3 is 2. The number of rotatable bonds is 21. The molecule has 0 saturated carbocycles. The van der Waals surface area contributed by atoms with Crippen molar-refractivity contribution in [2.75, 3.05) is 40.6 Å². The van der Waals surface area contributed by atoms with E-state index in [9.17, 15) is 28.8 Å². The fraction of sp³-hybridized carbons (Fsp3) is 0.364. The molecule has 0 fully saturated rings. The van der Waals surface area contributed by atoms with E-state index in [0.29, 0.717) is 27.8 Å². The molecular weight excluding hydrogens is 755 g/mol. The first-order valence-corrected chi connectivity index (χ1v) is 18.5. The van der Waals surface area contributed by atoms with Crippen molar-refractivity contribution in [3.05, 3.63) is 102 Å². The first-order chi connectivity index (χ1) is 27.8. The lowest BCUT2D eigenvalue weighted by Gasteiger charge is -2.31. The second-order valence-corrected chi connectivity index (χ2v) is 13.5. The number of hydrogen-bond donors (Lipinski definition) is 0. The smallest absolute Gasteiger partial charge is 0.417 e. The van der Waals surface area contributed by atoms with Crippen LogP contribution in [0.15, 0.2) is 85.5 Å². The average Bonchev–Trinajstić information content (AvgIpc) is 3.23. The van der Waals surface area contributed by atoms with Gasteiger partial charge in [-0.3, -0.25) is 0 Å². The van der Waals surface area contributed by atoms with Crippen molar-refractivity contribution < 1.29 is 66.3 Å². The van der Waals surface area contributed by atoms with E-state index >= 15 is 4.39 Å². The Balaban J connectivity index is 1.92. The van der Waals surface area contributed by atoms with Gasteiger partial charge in [0.2, 0.25) is 0 Å². The van der Waals surface area contributed by atoms with Crippen LogP contribution in [0.3, 0.4) is 0 Å². The van der Waals surface area contributed by atoms with Crippen LogP contribution in [-0.2, 0) is 70.2 Å². The molecule has 0 atom stereocenters. The van der Waals surface area contributed by atoms with Gasteiger partial charge in [-0.05, 0) is 71.8 Å². The van der Waals surface area contributed by atoms with Crippen LogP contribution in [0.4, 0.5) is 4.39 Å². The second-order valence-electron chi connectivity index (χ2n) is 13.5. The molecule has 0 aliphatic carbocycles. The molecule has 0 aliphatic rings. The second kappa shape index (κ2) is 23.0. The third-order valence-corrected chi connectivity index (χ3v) is 8.85. The summed E-state index contributed by atoms with van der Waals surface area (Å²) in [5, 5.41) is 0. The number of benzene rings is 3. The van der Waals surface area contributed by atoms with Gasteiger partial charge in [-0.25, -0.2) is 33.2 Å². The van der Waals surface area contributed by atoms with Crippen molar-refractivity contribution >= 4 is 35.8 Å². The number of hydrogen-bond acceptors (Lipinski definition) is 13. The van der Waals surface area contributed by atoms with E-state index in [1.165, 1.54) is 13.3 Å². The van der Waals surface area contributed by atoms with Gasteiger partial charge in [-0.1, -0.05) is 82.2 Å². The quantitative estimate of drug-likeness (QED) is 0.0362. The molecule has 3 aromatic carbocycles. The minimum absolute atomic E-state index is 0.0294. The molecule has 0 unspecified atom stereocenters. The van der Waals surface area contributed by atoms with Gasteiger partial charge in [-0.2, -0.15) is 0 Å². The molecule has 0 heterocycles. The zero-order valence-corrected chi connectivity index (χ0v) is 33.2. The molecule has 58 heavy (non-hydrogen) atoms. The molecule has 0 saturated heterocycles. The van der Waals surface area contributed by atoms with E-state index in [4.69, 9.17) is 23.7 Å². The van der Waals surface area contributed by atoms with Gasteiger partial charge < -0.3 is 33.2 Å². The van der Waals surface area contributed by atoms with E-state index < -0.39 is 67.7 Å². The van der Waals surface area contributed by atoms with Crippen LogP contribution >= 0.6 is 0 Å². The number of carbonyl (C=O) groups is 6. The third kappa shape index (κ3) is 14.0. The molecule has 3 rings (SSSR count). The lowest BCUT2D eigenvalue weighted by atomic mass is 9.92. The summed E-state index contributed by atoms with van der Waals surface area (Å²) in [5.41, 5.74) is 2.19. The fourth-order valence-corrected chi connectivity index (χ4v) is 5.53. The number of unbranched alkanes of at least 4 members (excludes halogenated alkanes) is 4. The molecule has 0 aromatic heterocycles. The maximum atomic E-state index is 15.5. The molecule has 0 radical (unpaired) electrons. The standard InChI is InChI=1S/C44H49FO13/c1-7-9-10-11-12-13-30-14-20-36(37(45)22-30)32-17-21-35(33(23-32)24-54-38(46)8-2)31-15-18-34(19-16-31)55-25-44(26-56-39(47)29(3)4,27-57-42(50)40(48)52-5)28-58-43(51)41(49)53-6/h8,14-23H,2-3,7,9-13,24-28H2,1,4-6H3. The van der Waals surface area contributed by atoms with Gasteiger partial charge in [0.05, 0.1) is 14.2 Å². The maximum absolute atomic E-state index is 15.5. The summed E-state index contributed by atoms with van der Waals surface area (Å²) in [6.45, 7) is 7.98. The molecular formula is C44H49FO13. The van der Waals surface area contributed by atoms with Gasteiger partial charge in [-0.15, -0.1) is 0 Å². The molecule has 14 heteroatoms. The summed E-state index contributed by atoms with van der Waals surface area (Å²) >= 11 is 0. The minimum atomic E-state index is -1.67. The highest BCUT2D eigenvalue weighted by Crippen LogP contribution is 2.33. The summed E-state index contributed by atoms with van der Waals surface area (Å²) in [5.74, 6) is -7.02. The van der Waals surface area contributed by atoms with E-state index in [-0.39, 0.29) is 23.7 Å². The Bertz CT molecular complexity index is 1920. The first-order valence-electron chi connectivity index (χ1n) is 18.5. The van der Waals surface area contributed by atoms with Crippen molar-refractivity contribution in [3.8, 4) is 28.0 Å². The van der Waals surface area contributed by atoms with Crippen LogP contribution in [0.2, 0.25) is 0 Å². The average molecular weight is 805 g/mol. The number of carbonyl (C=O) groups excluding carboxylic acids is 6. The molecule has 0 aliphatic heterocycles. The SMILES string of the molecule is C=CC(=O)OCc1cc(-c2ccc(CCCCCCC)cc2F)ccc1-c1ccc(OCC(COC(=O)C(=C)C)(COC(=O)C(=O)OC)COC(=O)C(=O)OC)cc1. The van der Waals surface area contributed by atoms with Crippen molar-refractivity contribution in [1.82, 2.24) is 0 Å². The largest absolute Gasteiger partial charge is 0.493 e. The van der Waals surface area contributed by atoms with E-state index in [0.717, 1.165) is 58.0 Å². The molecule has 310 valence electrons. The lowest BCUT2D eigenvalue weighted by Crippen LogP contribution is -2.45. The Morgan fingerprint density at radius 2 is 1.24 bits per heavy atom. The normalized spacial score (nSPS) is 10.8. The van der Waals surface area contributed by atoms with Crippen LogP contribution in [0.1, 0.15) is 57.1 Å². The Kier molecular flexibility index (Phi) is 18.3. The van der Waals surface area contributed by atoms with Gasteiger partial charge in [0.1, 0.15) is 50.0 Å². The van der Waals surface area contributed by atoms with E-state index in [2.05, 4.69) is 29.6 Å². The highest BCUT2D eigenvalue weighted by Gasteiger charge is 2.39. The highest BCUT2D eigenvalue weighted by molar-refractivity contribution is 6.30. The Labute approximate surface area is 337 Å². The number of aryl methyl sites for hydroxylation is 1. The zero-order valence-electron chi connectivity index (χ0n) is 33.2. The van der Waals surface area contributed by atoms with Crippen LogP contribution in [0.25, 0.3) is 22.3 Å². The van der Waals surface area contributed by atoms with Crippen LogP contribution in [0.5, 0.6) is 5.75 Å². The minimum Gasteiger partial charge on any atom is -0.493 e. The monoisotopic (exact) mass is 804 g/mol. The lowest BCUT2D eigenvalue weighted by molar-refractivity contribution is -0.177. The maximum Gasteiger partial charge on any atom is 0.417 e. The fourth-order valence-electron chi connectivity index (χ4n) is 5.53. The topological polar surface area (TPSA) is 167 Å². The number of ether oxygens (including phenoxy) is 7. The first kappa shape index (κ1) is 46.1. The summed E-state index contributed by atoms with van der Waals surface area (Å²) < 4.78 is 51.2. The van der Waals surface area contributed by atoms with Crippen molar-refractivity contribution in [2.45, 2.75) is 59.0 Å². The third-order valence-electron chi connectivity index (χ3n) is 8.85. The summed E-state index contributed by atoms with van der Waals surface area (Å²) in [6, 6.07) is 17.1.